The van der Waals surface area contributed by atoms with Crippen LogP contribution in [0.4, 0.5) is 10.5 Å². The molecule has 1 unspecified atom stereocenters. The molecule has 3 amide bonds. The van der Waals surface area contributed by atoms with Crippen LogP contribution in [0.1, 0.15) is 31.7 Å². The third-order valence-electron chi connectivity index (χ3n) is 3.22. The smallest absolute Gasteiger partial charge is 0.310 e. The highest BCUT2D eigenvalue weighted by atomic mass is 16.2. The van der Waals surface area contributed by atoms with E-state index in [0.717, 1.165) is 24.9 Å². The maximum absolute atomic E-state index is 11.8. The monoisotopic (exact) mass is 261 g/mol. The molecule has 1 fully saturated rings. The van der Waals surface area contributed by atoms with Crippen LogP contribution >= 0.6 is 0 Å². The zero-order valence-electron chi connectivity index (χ0n) is 11.1. The average molecular weight is 261 g/mol. The molecular formula is C14H19N3O2. The van der Waals surface area contributed by atoms with Gasteiger partial charge in [-0.05, 0) is 30.5 Å². The lowest BCUT2D eigenvalue weighted by atomic mass is 10.1. The number of urea groups is 1. The molecule has 0 aromatic heterocycles. The molecule has 0 saturated carbocycles. The first kappa shape index (κ1) is 13.5. The van der Waals surface area contributed by atoms with E-state index in [4.69, 9.17) is 5.73 Å². The van der Waals surface area contributed by atoms with Crippen LogP contribution in [0.3, 0.4) is 0 Å². The fourth-order valence-corrected chi connectivity index (χ4v) is 2.18. The van der Waals surface area contributed by atoms with Crippen LogP contribution in [0.25, 0.3) is 0 Å². The van der Waals surface area contributed by atoms with Crippen LogP contribution in [-0.2, 0) is 11.2 Å². The van der Waals surface area contributed by atoms with Gasteiger partial charge in [0, 0.05) is 5.69 Å². The highest BCUT2D eigenvalue weighted by Crippen LogP contribution is 2.20. The first-order valence-corrected chi connectivity index (χ1v) is 6.59. The number of hydrogen-bond donors (Lipinski definition) is 2. The Morgan fingerprint density at radius 2 is 2.00 bits per heavy atom. The third kappa shape index (κ3) is 3.12. The minimum atomic E-state index is -0.595. The van der Waals surface area contributed by atoms with Gasteiger partial charge >= 0.3 is 6.03 Å². The first-order chi connectivity index (χ1) is 9.11. The molecule has 1 aliphatic heterocycles. The topological polar surface area (TPSA) is 75.4 Å². The molecule has 0 bridgehead atoms. The molecule has 3 N–H and O–H groups in total. The molecule has 2 rings (SSSR count). The van der Waals surface area contributed by atoms with Gasteiger partial charge in [0.2, 0.25) is 5.91 Å². The maximum Gasteiger partial charge on any atom is 0.329 e. The summed E-state index contributed by atoms with van der Waals surface area (Å²) in [4.78, 5) is 24.4. The number of nitrogens with two attached hydrogens (primary N) is 1. The molecule has 1 atom stereocenters. The summed E-state index contributed by atoms with van der Waals surface area (Å²) in [5.74, 6) is -0.326. The Bertz CT molecular complexity index is 470. The van der Waals surface area contributed by atoms with Crippen molar-refractivity contribution < 1.29 is 9.59 Å². The van der Waals surface area contributed by atoms with Gasteiger partial charge in [-0.1, -0.05) is 25.5 Å². The molecule has 5 heteroatoms. The summed E-state index contributed by atoms with van der Waals surface area (Å²) in [6.07, 6.45) is 2.88. The molecule has 1 aromatic rings. The van der Waals surface area contributed by atoms with Crippen LogP contribution in [-0.4, -0.2) is 18.1 Å². The second-order valence-corrected chi connectivity index (χ2v) is 4.76. The molecule has 5 nitrogen and oxygen atoms in total. The summed E-state index contributed by atoms with van der Waals surface area (Å²) in [5.41, 5.74) is 7.82. The number of hydrogen-bond acceptors (Lipinski definition) is 3. The zero-order valence-corrected chi connectivity index (χ0v) is 11.1. The normalized spacial score (nSPS) is 19.5. The average Bonchev–Trinajstić information content (AvgIpc) is 2.36. The van der Waals surface area contributed by atoms with Crippen LogP contribution in [0.5, 0.6) is 0 Å². The van der Waals surface area contributed by atoms with E-state index in [1.807, 2.05) is 24.3 Å². The van der Waals surface area contributed by atoms with E-state index in [1.54, 1.807) is 0 Å². The number of carbonyl (C=O) groups excluding carboxylic acids is 2. The maximum atomic E-state index is 11.8. The number of rotatable bonds is 4. The quantitative estimate of drug-likeness (QED) is 0.867. The van der Waals surface area contributed by atoms with Gasteiger partial charge in [-0.25, -0.2) is 4.79 Å². The molecule has 0 radical (unpaired) electrons. The second kappa shape index (κ2) is 5.84. The van der Waals surface area contributed by atoms with Gasteiger partial charge in [-0.15, -0.1) is 0 Å². The molecule has 1 aliphatic rings. The van der Waals surface area contributed by atoms with Crippen molar-refractivity contribution >= 4 is 17.6 Å². The Balaban J connectivity index is 2.12. The van der Waals surface area contributed by atoms with Gasteiger partial charge in [0.25, 0.3) is 0 Å². The van der Waals surface area contributed by atoms with E-state index < -0.39 is 12.2 Å². The number of carbonyl (C=O) groups is 2. The lowest BCUT2D eigenvalue weighted by Crippen LogP contribution is -2.58. The number of unbranched alkanes of at least 4 members (excludes halogenated alkanes) is 1. The van der Waals surface area contributed by atoms with Crippen molar-refractivity contribution in [2.24, 2.45) is 5.73 Å². The second-order valence-electron chi connectivity index (χ2n) is 4.76. The van der Waals surface area contributed by atoms with E-state index in [2.05, 4.69) is 12.2 Å². The SMILES string of the molecule is CCCCc1ccc(N2C(=O)NC(=O)CC2N)cc1. The van der Waals surface area contributed by atoms with E-state index in [0.29, 0.717) is 0 Å². The fourth-order valence-electron chi connectivity index (χ4n) is 2.18. The predicted molar refractivity (Wildman–Crippen MR) is 73.7 cm³/mol. The summed E-state index contributed by atoms with van der Waals surface area (Å²) >= 11 is 0. The van der Waals surface area contributed by atoms with E-state index in [9.17, 15) is 9.59 Å². The number of benzene rings is 1. The van der Waals surface area contributed by atoms with E-state index in [-0.39, 0.29) is 12.3 Å². The lowest BCUT2D eigenvalue weighted by Gasteiger charge is -2.32. The highest BCUT2D eigenvalue weighted by Gasteiger charge is 2.30. The zero-order chi connectivity index (χ0) is 13.8. The summed E-state index contributed by atoms with van der Waals surface area (Å²) < 4.78 is 0. The number of aryl methyl sites for hydroxylation is 1. The molecule has 1 aromatic carbocycles. The lowest BCUT2D eigenvalue weighted by molar-refractivity contribution is -0.120. The van der Waals surface area contributed by atoms with Crippen molar-refractivity contribution in [1.82, 2.24) is 5.32 Å². The van der Waals surface area contributed by atoms with Gasteiger partial charge in [-0.3, -0.25) is 15.0 Å². The van der Waals surface area contributed by atoms with Crippen LogP contribution < -0.4 is 16.0 Å². The Morgan fingerprint density at radius 3 is 2.58 bits per heavy atom. The molecular weight excluding hydrogens is 242 g/mol. The van der Waals surface area contributed by atoms with Crippen LogP contribution in [0.15, 0.2) is 24.3 Å². The molecule has 19 heavy (non-hydrogen) atoms. The molecule has 0 aliphatic carbocycles. The summed E-state index contributed by atoms with van der Waals surface area (Å²) in [7, 11) is 0. The van der Waals surface area contributed by atoms with Crippen molar-refractivity contribution in [3.8, 4) is 0 Å². The molecule has 102 valence electrons. The number of imide groups is 1. The molecule has 1 saturated heterocycles. The van der Waals surface area contributed by atoms with Crippen molar-refractivity contribution in [3.05, 3.63) is 29.8 Å². The third-order valence-corrected chi connectivity index (χ3v) is 3.22. The van der Waals surface area contributed by atoms with E-state index >= 15 is 0 Å². The molecule has 1 heterocycles. The van der Waals surface area contributed by atoms with Gasteiger partial charge in [0.15, 0.2) is 0 Å². The number of nitrogens with zero attached hydrogens (tertiary/aromatic N) is 1. The number of amides is 3. The fraction of sp³-hybridized carbons (Fsp3) is 0.429. The van der Waals surface area contributed by atoms with Crippen molar-refractivity contribution in [2.75, 3.05) is 4.90 Å². The summed E-state index contributed by atoms with van der Waals surface area (Å²) in [6, 6.07) is 7.30. The minimum absolute atomic E-state index is 0.128. The predicted octanol–water partition coefficient (Wildman–Crippen LogP) is 1.76. The Hall–Kier alpha value is -1.88. The molecule has 0 spiro atoms. The van der Waals surface area contributed by atoms with Crippen LogP contribution in [0.2, 0.25) is 0 Å². The minimum Gasteiger partial charge on any atom is -0.310 e. The summed E-state index contributed by atoms with van der Waals surface area (Å²) in [5, 5.41) is 2.28. The highest BCUT2D eigenvalue weighted by molar-refractivity contribution is 6.06. The van der Waals surface area contributed by atoms with E-state index in [1.165, 1.54) is 10.5 Å². The van der Waals surface area contributed by atoms with Gasteiger partial charge in [0.1, 0.15) is 0 Å². The largest absolute Gasteiger partial charge is 0.329 e. The summed E-state index contributed by atoms with van der Waals surface area (Å²) in [6.45, 7) is 2.16. The number of nitrogens with one attached hydrogen (secondary N) is 1. The van der Waals surface area contributed by atoms with Crippen molar-refractivity contribution in [1.29, 1.82) is 0 Å². The number of anilines is 1. The Labute approximate surface area is 112 Å². The van der Waals surface area contributed by atoms with Gasteiger partial charge in [0.05, 0.1) is 12.6 Å². The standard InChI is InChI=1S/C14H19N3O2/c1-2-3-4-10-5-7-11(8-6-10)17-12(15)9-13(18)16-14(17)19/h5-8,12H,2-4,9,15H2,1H3,(H,16,18,19). The van der Waals surface area contributed by atoms with Gasteiger partial charge < -0.3 is 5.73 Å². The Kier molecular flexibility index (Phi) is 4.16. The van der Waals surface area contributed by atoms with Gasteiger partial charge in [-0.2, -0.15) is 0 Å². The van der Waals surface area contributed by atoms with Crippen molar-refractivity contribution in [3.63, 3.8) is 0 Å². The first-order valence-electron chi connectivity index (χ1n) is 6.59. The van der Waals surface area contributed by atoms with Crippen molar-refractivity contribution in [2.45, 2.75) is 38.8 Å². The Morgan fingerprint density at radius 1 is 1.32 bits per heavy atom. The van der Waals surface area contributed by atoms with Crippen LogP contribution in [0, 0.1) is 0 Å².